The number of aryl methyl sites for hydroxylation is 1. The second-order valence-corrected chi connectivity index (χ2v) is 5.54. The molecule has 0 aliphatic heterocycles. The number of rotatable bonds is 6. The molecule has 2 rings (SSSR count). The number of hydrogen-bond donors (Lipinski definition) is 2. The van der Waals surface area contributed by atoms with Crippen molar-refractivity contribution in [1.29, 1.82) is 0 Å². The van der Waals surface area contributed by atoms with Gasteiger partial charge in [-0.25, -0.2) is 0 Å². The third kappa shape index (κ3) is 5.76. The third-order valence-corrected chi connectivity index (χ3v) is 3.39. The van der Waals surface area contributed by atoms with Gasteiger partial charge in [0.1, 0.15) is 6.54 Å². The first-order valence-corrected chi connectivity index (χ1v) is 7.86. The number of anilines is 1. The quantitative estimate of drug-likeness (QED) is 0.790. The fourth-order valence-corrected chi connectivity index (χ4v) is 2.10. The molecule has 0 aliphatic rings. The highest BCUT2D eigenvalue weighted by atomic mass is 16.5. The molecule has 2 N–H and O–H groups in total. The van der Waals surface area contributed by atoms with Crippen molar-refractivity contribution in [3.05, 3.63) is 65.7 Å². The molecule has 0 aromatic heterocycles. The molecule has 25 heavy (non-hydrogen) atoms. The van der Waals surface area contributed by atoms with Gasteiger partial charge in [0, 0.05) is 11.3 Å². The summed E-state index contributed by atoms with van der Waals surface area (Å²) in [5.41, 5.74) is 2.02. The maximum absolute atomic E-state index is 12.0. The van der Waals surface area contributed by atoms with Crippen molar-refractivity contribution in [2.45, 2.75) is 20.0 Å². The fourth-order valence-electron chi connectivity index (χ4n) is 2.10. The first-order chi connectivity index (χ1) is 12.0. The van der Waals surface area contributed by atoms with Crippen molar-refractivity contribution in [3.8, 4) is 0 Å². The van der Waals surface area contributed by atoms with Gasteiger partial charge in [-0.1, -0.05) is 35.9 Å². The highest BCUT2D eigenvalue weighted by Gasteiger charge is 2.18. The van der Waals surface area contributed by atoms with Crippen LogP contribution in [0, 0.1) is 6.92 Å². The van der Waals surface area contributed by atoms with Crippen LogP contribution in [0.5, 0.6) is 0 Å². The van der Waals surface area contributed by atoms with Crippen molar-refractivity contribution < 1.29 is 19.1 Å². The Bertz CT molecular complexity index is 759. The molecule has 2 amide bonds. The standard InChI is InChI=1S/C19H20N2O4/c1-13-7-6-8-15(11-13)19(24)20-12-17(22)25-14(2)18(23)21-16-9-4-3-5-10-16/h3-11,14H,12H2,1-2H3,(H,20,24)(H,21,23)/t14-/m0/s1. The Morgan fingerprint density at radius 3 is 2.44 bits per heavy atom. The van der Waals surface area contributed by atoms with Gasteiger partial charge in [0.15, 0.2) is 6.10 Å². The van der Waals surface area contributed by atoms with Gasteiger partial charge in [0.2, 0.25) is 0 Å². The molecule has 6 heteroatoms. The summed E-state index contributed by atoms with van der Waals surface area (Å²) >= 11 is 0. The maximum Gasteiger partial charge on any atom is 0.326 e. The van der Waals surface area contributed by atoms with Crippen molar-refractivity contribution in [1.82, 2.24) is 5.32 Å². The minimum Gasteiger partial charge on any atom is -0.451 e. The molecule has 2 aromatic carbocycles. The summed E-state index contributed by atoms with van der Waals surface area (Å²) < 4.78 is 5.03. The van der Waals surface area contributed by atoms with E-state index in [1.165, 1.54) is 6.92 Å². The minimum absolute atomic E-state index is 0.310. The number of carbonyl (C=O) groups is 3. The van der Waals surface area contributed by atoms with Gasteiger partial charge in [-0.3, -0.25) is 14.4 Å². The molecule has 0 heterocycles. The van der Waals surface area contributed by atoms with Crippen LogP contribution in [0.4, 0.5) is 5.69 Å². The van der Waals surface area contributed by atoms with Crippen LogP contribution in [0.3, 0.4) is 0 Å². The topological polar surface area (TPSA) is 84.5 Å². The van der Waals surface area contributed by atoms with E-state index >= 15 is 0 Å². The SMILES string of the molecule is Cc1cccc(C(=O)NCC(=O)O[C@@H](C)C(=O)Nc2ccccc2)c1. The molecular weight excluding hydrogens is 320 g/mol. The van der Waals surface area contributed by atoms with Crippen LogP contribution in [0.1, 0.15) is 22.8 Å². The lowest BCUT2D eigenvalue weighted by atomic mass is 10.1. The Hall–Kier alpha value is -3.15. The summed E-state index contributed by atoms with van der Waals surface area (Å²) in [5, 5.41) is 5.12. The molecule has 0 radical (unpaired) electrons. The van der Waals surface area contributed by atoms with Gasteiger partial charge in [0.05, 0.1) is 0 Å². The van der Waals surface area contributed by atoms with Gasteiger partial charge in [-0.2, -0.15) is 0 Å². The molecule has 0 saturated heterocycles. The van der Waals surface area contributed by atoms with E-state index in [0.717, 1.165) is 5.56 Å². The highest BCUT2D eigenvalue weighted by Crippen LogP contribution is 2.07. The van der Waals surface area contributed by atoms with Crippen molar-refractivity contribution in [2.24, 2.45) is 0 Å². The van der Waals surface area contributed by atoms with E-state index in [1.54, 1.807) is 42.5 Å². The van der Waals surface area contributed by atoms with E-state index in [4.69, 9.17) is 4.74 Å². The smallest absolute Gasteiger partial charge is 0.326 e. The molecule has 0 fully saturated rings. The first kappa shape index (κ1) is 18.2. The Labute approximate surface area is 146 Å². The number of hydrogen-bond acceptors (Lipinski definition) is 4. The lowest BCUT2D eigenvalue weighted by Crippen LogP contribution is -2.35. The third-order valence-electron chi connectivity index (χ3n) is 3.39. The van der Waals surface area contributed by atoms with Gasteiger partial charge in [0.25, 0.3) is 11.8 Å². The molecule has 6 nitrogen and oxygen atoms in total. The van der Waals surface area contributed by atoms with E-state index in [0.29, 0.717) is 11.3 Å². The number of nitrogens with one attached hydrogen (secondary N) is 2. The summed E-state index contributed by atoms with van der Waals surface area (Å²) in [6.45, 7) is 3.03. The zero-order valence-corrected chi connectivity index (χ0v) is 14.1. The Kier molecular flexibility index (Phi) is 6.28. The Morgan fingerprint density at radius 2 is 1.76 bits per heavy atom. The number of para-hydroxylation sites is 1. The lowest BCUT2D eigenvalue weighted by molar-refractivity contribution is -0.152. The van der Waals surface area contributed by atoms with Crippen molar-refractivity contribution in [3.63, 3.8) is 0 Å². The summed E-state index contributed by atoms with van der Waals surface area (Å²) in [6, 6.07) is 15.9. The monoisotopic (exact) mass is 340 g/mol. The zero-order chi connectivity index (χ0) is 18.2. The predicted octanol–water partition coefficient (Wildman–Crippen LogP) is 2.30. The number of carbonyl (C=O) groups excluding carboxylic acids is 3. The summed E-state index contributed by atoms with van der Waals surface area (Å²) in [5.74, 6) is -1.50. The maximum atomic E-state index is 12.0. The van der Waals surface area contributed by atoms with Crippen LogP contribution < -0.4 is 10.6 Å². The van der Waals surface area contributed by atoms with E-state index in [1.807, 2.05) is 19.1 Å². The molecule has 2 aromatic rings. The lowest BCUT2D eigenvalue weighted by Gasteiger charge is -2.14. The summed E-state index contributed by atoms with van der Waals surface area (Å²) in [4.78, 5) is 35.7. The first-order valence-electron chi connectivity index (χ1n) is 7.86. The number of ether oxygens (including phenoxy) is 1. The zero-order valence-electron chi connectivity index (χ0n) is 14.1. The van der Waals surface area contributed by atoms with Gasteiger partial charge >= 0.3 is 5.97 Å². The van der Waals surface area contributed by atoms with Gasteiger partial charge < -0.3 is 15.4 Å². The Balaban J connectivity index is 1.79. The van der Waals surface area contributed by atoms with Crippen LogP contribution >= 0.6 is 0 Å². The number of esters is 1. The highest BCUT2D eigenvalue weighted by molar-refractivity contribution is 5.97. The molecule has 130 valence electrons. The fraction of sp³-hybridized carbons (Fsp3) is 0.211. The predicted molar refractivity (Wildman–Crippen MR) is 94.1 cm³/mol. The number of benzene rings is 2. The average molecular weight is 340 g/mol. The van der Waals surface area contributed by atoms with E-state index in [2.05, 4.69) is 10.6 Å². The average Bonchev–Trinajstić information content (AvgIpc) is 2.60. The number of amides is 2. The molecule has 0 bridgehead atoms. The molecule has 0 spiro atoms. The van der Waals surface area contributed by atoms with Crippen LogP contribution in [-0.4, -0.2) is 30.4 Å². The van der Waals surface area contributed by atoms with Gasteiger partial charge in [-0.05, 0) is 38.1 Å². The summed E-state index contributed by atoms with van der Waals surface area (Å²) in [6.07, 6.45) is -0.969. The van der Waals surface area contributed by atoms with Crippen LogP contribution in [0.15, 0.2) is 54.6 Å². The van der Waals surface area contributed by atoms with E-state index in [-0.39, 0.29) is 12.5 Å². The molecule has 0 aliphatic carbocycles. The second kappa shape index (κ2) is 8.63. The van der Waals surface area contributed by atoms with Crippen LogP contribution in [-0.2, 0) is 14.3 Å². The molecular formula is C19H20N2O4. The van der Waals surface area contributed by atoms with Crippen molar-refractivity contribution >= 4 is 23.5 Å². The van der Waals surface area contributed by atoms with E-state index in [9.17, 15) is 14.4 Å². The van der Waals surface area contributed by atoms with Crippen molar-refractivity contribution in [2.75, 3.05) is 11.9 Å². The summed E-state index contributed by atoms with van der Waals surface area (Å²) in [7, 11) is 0. The second-order valence-electron chi connectivity index (χ2n) is 5.54. The van der Waals surface area contributed by atoms with E-state index < -0.39 is 18.0 Å². The minimum atomic E-state index is -0.969. The molecule has 1 atom stereocenters. The largest absolute Gasteiger partial charge is 0.451 e. The van der Waals surface area contributed by atoms with Crippen LogP contribution in [0.2, 0.25) is 0 Å². The Morgan fingerprint density at radius 1 is 1.04 bits per heavy atom. The normalized spacial score (nSPS) is 11.3. The molecule has 0 unspecified atom stereocenters. The molecule has 0 saturated carbocycles. The van der Waals surface area contributed by atoms with Crippen LogP contribution in [0.25, 0.3) is 0 Å². The van der Waals surface area contributed by atoms with Gasteiger partial charge in [-0.15, -0.1) is 0 Å².